The van der Waals surface area contributed by atoms with Crippen molar-refractivity contribution in [2.24, 2.45) is 0 Å². The molecule has 2 heterocycles. The molecule has 1 aliphatic heterocycles. The Morgan fingerprint density at radius 1 is 1.07 bits per heavy atom. The van der Waals surface area contributed by atoms with Gasteiger partial charge in [0, 0.05) is 37.0 Å². The first kappa shape index (κ1) is 19.4. The van der Waals surface area contributed by atoms with Gasteiger partial charge in [0.25, 0.3) is 0 Å². The summed E-state index contributed by atoms with van der Waals surface area (Å²) < 4.78 is 5.46. The number of hydrogen-bond acceptors (Lipinski definition) is 5. The lowest BCUT2D eigenvalue weighted by atomic mass is 9.91. The van der Waals surface area contributed by atoms with E-state index in [1.54, 1.807) is 12.1 Å². The van der Waals surface area contributed by atoms with E-state index in [0.717, 1.165) is 61.5 Å². The fourth-order valence-corrected chi connectivity index (χ4v) is 3.99. The van der Waals surface area contributed by atoms with Gasteiger partial charge < -0.3 is 15.6 Å². The van der Waals surface area contributed by atoms with Crippen LogP contribution < -0.4 is 5.73 Å². The summed E-state index contributed by atoms with van der Waals surface area (Å²) in [6.45, 7) is 6.56. The van der Waals surface area contributed by atoms with E-state index in [4.69, 9.17) is 10.5 Å². The minimum Gasteiger partial charge on any atom is -0.508 e. The number of ether oxygens (including phenoxy) is 1. The Labute approximate surface area is 171 Å². The number of benzene rings is 2. The topological polar surface area (TPSA) is 71.6 Å². The predicted octanol–water partition coefficient (Wildman–Crippen LogP) is 4.10. The van der Waals surface area contributed by atoms with Crippen molar-refractivity contribution in [1.29, 1.82) is 0 Å². The zero-order valence-electron chi connectivity index (χ0n) is 16.8. The van der Waals surface area contributed by atoms with Crippen LogP contribution in [0.15, 0.2) is 54.7 Å². The Kier molecular flexibility index (Phi) is 5.79. The molecule has 0 saturated carbocycles. The molecule has 29 heavy (non-hydrogen) atoms. The second-order valence-corrected chi connectivity index (χ2v) is 7.40. The molecule has 1 aromatic heterocycles. The summed E-state index contributed by atoms with van der Waals surface area (Å²) in [6, 6.07) is 15.8. The molecule has 5 nitrogen and oxygen atoms in total. The molecule has 0 aliphatic carbocycles. The Hall–Kier alpha value is -2.89. The molecule has 3 N–H and O–H groups in total. The number of nitrogens with zero attached hydrogens (tertiary/aromatic N) is 2. The number of anilines is 1. The summed E-state index contributed by atoms with van der Waals surface area (Å²) in [5.74, 6) is 0.805. The highest BCUT2D eigenvalue weighted by Crippen LogP contribution is 2.36. The number of morpholine rings is 1. The molecule has 1 fully saturated rings. The molecule has 0 unspecified atom stereocenters. The van der Waals surface area contributed by atoms with Crippen LogP contribution in [-0.4, -0.2) is 41.3 Å². The van der Waals surface area contributed by atoms with Gasteiger partial charge in [-0.15, -0.1) is 0 Å². The fraction of sp³-hybridized carbons (Fsp3) is 0.292. The van der Waals surface area contributed by atoms with Crippen molar-refractivity contribution in [3.8, 4) is 28.0 Å². The Morgan fingerprint density at radius 3 is 2.55 bits per heavy atom. The van der Waals surface area contributed by atoms with Crippen molar-refractivity contribution in [2.45, 2.75) is 19.9 Å². The van der Waals surface area contributed by atoms with Crippen LogP contribution in [0.3, 0.4) is 0 Å². The summed E-state index contributed by atoms with van der Waals surface area (Å²) in [6.07, 6.45) is 2.67. The van der Waals surface area contributed by atoms with Crippen molar-refractivity contribution in [1.82, 2.24) is 9.88 Å². The van der Waals surface area contributed by atoms with Gasteiger partial charge >= 0.3 is 0 Å². The molecule has 5 heteroatoms. The number of hydrogen-bond donors (Lipinski definition) is 2. The normalized spacial score (nSPS) is 14.8. The maximum absolute atomic E-state index is 9.62. The largest absolute Gasteiger partial charge is 0.508 e. The monoisotopic (exact) mass is 389 g/mol. The summed E-state index contributed by atoms with van der Waals surface area (Å²) >= 11 is 0. The lowest BCUT2D eigenvalue weighted by molar-refractivity contribution is 0.0342. The summed E-state index contributed by atoms with van der Waals surface area (Å²) in [4.78, 5) is 6.91. The number of nitrogen functional groups attached to an aromatic ring is 1. The molecule has 0 bridgehead atoms. The molecule has 2 aromatic carbocycles. The Bertz CT molecular complexity index is 980. The van der Waals surface area contributed by atoms with E-state index >= 15 is 0 Å². The van der Waals surface area contributed by atoms with Gasteiger partial charge in [-0.3, -0.25) is 4.90 Å². The second-order valence-electron chi connectivity index (χ2n) is 7.40. The lowest BCUT2D eigenvalue weighted by Gasteiger charge is -2.26. The first-order valence-electron chi connectivity index (χ1n) is 10.1. The molecule has 0 radical (unpaired) electrons. The summed E-state index contributed by atoms with van der Waals surface area (Å²) in [5, 5.41) is 9.62. The van der Waals surface area contributed by atoms with E-state index in [9.17, 15) is 5.11 Å². The van der Waals surface area contributed by atoms with Crippen LogP contribution in [0.4, 0.5) is 5.82 Å². The van der Waals surface area contributed by atoms with Crippen molar-refractivity contribution in [2.75, 3.05) is 32.0 Å². The number of nitrogens with two attached hydrogens (primary N) is 1. The van der Waals surface area contributed by atoms with Gasteiger partial charge in [0.2, 0.25) is 0 Å². The number of rotatable bonds is 5. The van der Waals surface area contributed by atoms with Gasteiger partial charge in [0.15, 0.2) is 0 Å². The van der Waals surface area contributed by atoms with Gasteiger partial charge in [0.1, 0.15) is 11.6 Å². The number of phenolic OH excluding ortho intramolecular Hbond substituents is 1. The van der Waals surface area contributed by atoms with E-state index in [-0.39, 0.29) is 5.75 Å². The third-order valence-corrected chi connectivity index (χ3v) is 5.47. The highest BCUT2D eigenvalue weighted by molar-refractivity contribution is 5.84. The molecular weight excluding hydrogens is 362 g/mol. The van der Waals surface area contributed by atoms with Crippen LogP contribution in [0.5, 0.6) is 5.75 Å². The Morgan fingerprint density at radius 2 is 1.83 bits per heavy atom. The SMILES string of the molecule is CCc1c(-c2ccc(O)cc2)cnc(N)c1-c1cccc(CN2CCOCC2)c1. The molecule has 0 spiro atoms. The number of pyridine rings is 1. The fourth-order valence-electron chi connectivity index (χ4n) is 3.99. The first-order chi connectivity index (χ1) is 14.2. The van der Waals surface area contributed by atoms with Gasteiger partial charge in [-0.25, -0.2) is 4.98 Å². The average Bonchev–Trinajstić information content (AvgIpc) is 2.75. The van der Waals surface area contributed by atoms with Crippen LogP contribution in [0.1, 0.15) is 18.1 Å². The Balaban J connectivity index is 1.73. The minimum absolute atomic E-state index is 0.256. The minimum atomic E-state index is 0.256. The molecule has 0 amide bonds. The van der Waals surface area contributed by atoms with Crippen LogP contribution in [-0.2, 0) is 17.7 Å². The number of phenols is 1. The molecule has 0 atom stereocenters. The van der Waals surface area contributed by atoms with Crippen molar-refractivity contribution in [3.63, 3.8) is 0 Å². The molecule has 4 rings (SSSR count). The van der Waals surface area contributed by atoms with Crippen LogP contribution in [0, 0.1) is 0 Å². The zero-order chi connectivity index (χ0) is 20.2. The van der Waals surface area contributed by atoms with Gasteiger partial charge in [0.05, 0.1) is 13.2 Å². The third kappa shape index (κ3) is 4.26. The van der Waals surface area contributed by atoms with E-state index in [1.807, 2.05) is 18.3 Å². The van der Waals surface area contributed by atoms with Crippen LogP contribution in [0.2, 0.25) is 0 Å². The molecule has 150 valence electrons. The lowest BCUT2D eigenvalue weighted by Crippen LogP contribution is -2.35. The first-order valence-corrected chi connectivity index (χ1v) is 10.1. The molecule has 3 aromatic rings. The van der Waals surface area contributed by atoms with Gasteiger partial charge in [-0.2, -0.15) is 0 Å². The maximum Gasteiger partial charge on any atom is 0.131 e. The van der Waals surface area contributed by atoms with Crippen LogP contribution in [0.25, 0.3) is 22.3 Å². The molecule has 1 aliphatic rings. The van der Waals surface area contributed by atoms with Gasteiger partial charge in [-0.05, 0) is 46.9 Å². The highest BCUT2D eigenvalue weighted by atomic mass is 16.5. The average molecular weight is 389 g/mol. The van der Waals surface area contributed by atoms with E-state index < -0.39 is 0 Å². The number of aromatic hydroxyl groups is 1. The van der Waals surface area contributed by atoms with Gasteiger partial charge in [-0.1, -0.05) is 37.3 Å². The maximum atomic E-state index is 9.62. The van der Waals surface area contributed by atoms with Crippen molar-refractivity contribution in [3.05, 3.63) is 65.9 Å². The molecule has 1 saturated heterocycles. The summed E-state index contributed by atoms with van der Waals surface area (Å²) in [7, 11) is 0. The standard InChI is InChI=1S/C24H27N3O2/c1-2-21-22(18-6-8-20(28)9-7-18)15-26-24(25)23(21)19-5-3-4-17(14-19)16-27-10-12-29-13-11-27/h3-9,14-15,28H,2,10-13,16H2,1H3,(H2,25,26). The highest BCUT2D eigenvalue weighted by Gasteiger charge is 2.16. The smallest absolute Gasteiger partial charge is 0.131 e. The quantitative estimate of drug-likeness (QED) is 0.687. The summed E-state index contributed by atoms with van der Waals surface area (Å²) in [5.41, 5.74) is 13.0. The van der Waals surface area contributed by atoms with E-state index in [2.05, 4.69) is 41.1 Å². The third-order valence-electron chi connectivity index (χ3n) is 5.47. The molecular formula is C24H27N3O2. The number of aromatic nitrogens is 1. The predicted molar refractivity (Wildman–Crippen MR) is 117 cm³/mol. The zero-order valence-corrected chi connectivity index (χ0v) is 16.8. The van der Waals surface area contributed by atoms with E-state index in [1.165, 1.54) is 11.1 Å². The van der Waals surface area contributed by atoms with Crippen molar-refractivity contribution >= 4 is 5.82 Å². The second kappa shape index (κ2) is 8.64. The van der Waals surface area contributed by atoms with E-state index in [0.29, 0.717) is 5.82 Å². The van der Waals surface area contributed by atoms with Crippen molar-refractivity contribution < 1.29 is 9.84 Å². The van der Waals surface area contributed by atoms with Crippen LogP contribution >= 0.6 is 0 Å².